The largest absolute Gasteiger partial charge is 0.507 e. The van der Waals surface area contributed by atoms with E-state index in [0.717, 1.165) is 15.7 Å². The van der Waals surface area contributed by atoms with E-state index in [4.69, 9.17) is 0 Å². The van der Waals surface area contributed by atoms with Gasteiger partial charge in [0.25, 0.3) is 0 Å². The molecule has 20 heavy (non-hydrogen) atoms. The molecule has 0 aromatic heterocycles. The molecule has 4 heteroatoms. The third-order valence-corrected chi connectivity index (χ3v) is 3.76. The first-order valence-electron chi connectivity index (χ1n) is 6.29. The monoisotopic (exact) mass is 329 g/mol. The van der Waals surface area contributed by atoms with E-state index in [2.05, 4.69) is 20.9 Å². The number of phenols is 1. The summed E-state index contributed by atoms with van der Waals surface area (Å²) in [6.07, 6.45) is 0.622. The van der Waals surface area contributed by atoms with Crippen molar-refractivity contribution in [1.29, 1.82) is 0 Å². The number of halogens is 1. The zero-order valence-electron chi connectivity index (χ0n) is 10.6. The molecule has 0 saturated carbocycles. The van der Waals surface area contributed by atoms with Gasteiger partial charge in [-0.2, -0.15) is 0 Å². The summed E-state index contributed by atoms with van der Waals surface area (Å²) in [4.78, 5) is 16.6. The summed E-state index contributed by atoms with van der Waals surface area (Å²) in [5.41, 5.74) is 2.94. The van der Waals surface area contributed by atoms with Crippen LogP contribution in [0.4, 0.5) is 5.69 Å². The fourth-order valence-corrected chi connectivity index (χ4v) is 2.67. The van der Waals surface area contributed by atoms with Crippen LogP contribution in [-0.2, 0) is 11.2 Å². The highest BCUT2D eigenvalue weighted by atomic mass is 79.9. The highest BCUT2D eigenvalue weighted by Crippen LogP contribution is 2.29. The number of ketones is 1. The van der Waals surface area contributed by atoms with E-state index in [9.17, 15) is 9.90 Å². The number of hydrogen-bond donors (Lipinski definition) is 1. The minimum absolute atomic E-state index is 0.105. The Morgan fingerprint density at radius 3 is 2.75 bits per heavy atom. The Morgan fingerprint density at radius 2 is 1.90 bits per heavy atom. The molecular formula is C16H12BrNO2. The minimum atomic E-state index is 0.105. The van der Waals surface area contributed by atoms with Crippen molar-refractivity contribution in [3.8, 4) is 5.75 Å². The van der Waals surface area contributed by atoms with Crippen LogP contribution in [0.1, 0.15) is 17.5 Å². The Kier molecular flexibility index (Phi) is 3.40. The maximum atomic E-state index is 12.1. The van der Waals surface area contributed by atoms with Crippen molar-refractivity contribution in [1.82, 2.24) is 0 Å². The van der Waals surface area contributed by atoms with Gasteiger partial charge in [0.2, 0.25) is 0 Å². The quantitative estimate of drug-likeness (QED) is 0.865. The molecular weight excluding hydrogens is 318 g/mol. The maximum absolute atomic E-state index is 12.1. The van der Waals surface area contributed by atoms with Gasteiger partial charge in [0.05, 0.1) is 11.4 Å². The first kappa shape index (κ1) is 13.1. The number of para-hydroxylation sites is 1. The first-order chi connectivity index (χ1) is 9.63. The zero-order valence-corrected chi connectivity index (χ0v) is 12.2. The van der Waals surface area contributed by atoms with Gasteiger partial charge < -0.3 is 5.11 Å². The van der Waals surface area contributed by atoms with Crippen LogP contribution in [-0.4, -0.2) is 16.6 Å². The number of benzene rings is 2. The van der Waals surface area contributed by atoms with Crippen molar-refractivity contribution >= 4 is 33.1 Å². The predicted molar refractivity (Wildman–Crippen MR) is 81.8 cm³/mol. The van der Waals surface area contributed by atoms with Crippen LogP contribution >= 0.6 is 15.9 Å². The van der Waals surface area contributed by atoms with E-state index in [-0.39, 0.29) is 18.0 Å². The molecule has 100 valence electrons. The summed E-state index contributed by atoms with van der Waals surface area (Å²) in [7, 11) is 0. The number of fused-ring (bicyclic) bond motifs is 1. The van der Waals surface area contributed by atoms with Crippen LogP contribution in [0, 0.1) is 0 Å². The van der Waals surface area contributed by atoms with Crippen molar-refractivity contribution in [2.75, 3.05) is 0 Å². The molecule has 0 atom stereocenters. The van der Waals surface area contributed by atoms with Crippen LogP contribution in [0.5, 0.6) is 5.75 Å². The molecule has 0 bridgehead atoms. The van der Waals surface area contributed by atoms with Crippen LogP contribution < -0.4 is 0 Å². The molecule has 1 N–H and O–H groups in total. The number of hydrogen-bond acceptors (Lipinski definition) is 3. The van der Waals surface area contributed by atoms with Crippen molar-refractivity contribution in [2.24, 2.45) is 4.99 Å². The van der Waals surface area contributed by atoms with Gasteiger partial charge in [-0.25, -0.2) is 0 Å². The Morgan fingerprint density at radius 1 is 1.10 bits per heavy atom. The Hall–Kier alpha value is -1.94. The number of aromatic hydroxyl groups is 1. The van der Waals surface area contributed by atoms with Gasteiger partial charge in [0.15, 0.2) is 0 Å². The summed E-state index contributed by atoms with van der Waals surface area (Å²) < 4.78 is 0.845. The highest BCUT2D eigenvalue weighted by Gasteiger charge is 2.19. The molecule has 1 heterocycles. The molecule has 0 saturated heterocycles. The Balaban J connectivity index is 2.15. The summed E-state index contributed by atoms with van der Waals surface area (Å²) in [5.74, 6) is 0.243. The molecule has 0 unspecified atom stereocenters. The lowest BCUT2D eigenvalue weighted by Gasteiger charge is -2.07. The number of carbonyl (C=O) groups is 1. The van der Waals surface area contributed by atoms with Crippen LogP contribution in [0.15, 0.2) is 51.9 Å². The third kappa shape index (κ3) is 2.51. The van der Waals surface area contributed by atoms with Gasteiger partial charge in [0, 0.05) is 22.9 Å². The van der Waals surface area contributed by atoms with Gasteiger partial charge in [-0.1, -0.05) is 34.1 Å². The van der Waals surface area contributed by atoms with Gasteiger partial charge >= 0.3 is 0 Å². The molecule has 1 aliphatic heterocycles. The van der Waals surface area contributed by atoms with Crippen LogP contribution in [0.25, 0.3) is 0 Å². The molecule has 1 aliphatic rings. The zero-order chi connectivity index (χ0) is 14.1. The molecule has 0 amide bonds. The number of Topliss-reactive ketones (excluding diaryl/α,β-unsaturated/α-hetero) is 1. The van der Waals surface area contributed by atoms with Crippen molar-refractivity contribution < 1.29 is 9.90 Å². The normalized spacial score (nSPS) is 14.4. The van der Waals surface area contributed by atoms with E-state index in [1.807, 2.05) is 24.3 Å². The average molecular weight is 330 g/mol. The predicted octanol–water partition coefficient (Wildman–Crippen LogP) is 3.79. The van der Waals surface area contributed by atoms with Crippen molar-refractivity contribution in [2.45, 2.75) is 12.8 Å². The molecule has 2 aromatic carbocycles. The lowest BCUT2D eigenvalue weighted by molar-refractivity contribution is -0.117. The Labute approximate surface area is 125 Å². The third-order valence-electron chi connectivity index (χ3n) is 3.27. The van der Waals surface area contributed by atoms with Gasteiger partial charge in [-0.15, -0.1) is 0 Å². The number of rotatable bonds is 1. The lowest BCUT2D eigenvalue weighted by Crippen LogP contribution is -2.09. The number of nitrogens with zero attached hydrogens (tertiary/aromatic N) is 1. The number of aliphatic imine (C=N–C) groups is 1. The first-order valence-corrected chi connectivity index (χ1v) is 7.09. The number of carbonyl (C=O) groups excluding carboxylic acids is 1. The topological polar surface area (TPSA) is 49.7 Å². The molecule has 0 aliphatic carbocycles. The fourth-order valence-electron chi connectivity index (χ4n) is 2.31. The average Bonchev–Trinajstić information content (AvgIpc) is 2.59. The molecule has 2 aromatic rings. The molecule has 0 radical (unpaired) electrons. The second-order valence-corrected chi connectivity index (χ2v) is 5.66. The maximum Gasteiger partial charge on any atom is 0.143 e. The molecule has 0 fully saturated rings. The smallest absolute Gasteiger partial charge is 0.143 e. The van der Waals surface area contributed by atoms with Crippen molar-refractivity contribution in [3.05, 3.63) is 58.1 Å². The minimum Gasteiger partial charge on any atom is -0.507 e. The standard InChI is InChI=1S/C16H12BrNO2/c17-11-5-6-16(20)13(8-11)15-9-12(19)7-10-3-1-2-4-14(10)18-15/h1-6,8,20H,7,9H2. The SMILES string of the molecule is O=C1CC(c2cc(Br)ccc2O)=Nc2ccccc2C1. The van der Waals surface area contributed by atoms with E-state index >= 15 is 0 Å². The van der Waals surface area contributed by atoms with E-state index in [1.165, 1.54) is 0 Å². The molecule has 0 spiro atoms. The molecule has 3 rings (SSSR count). The van der Waals surface area contributed by atoms with Crippen LogP contribution in [0.2, 0.25) is 0 Å². The van der Waals surface area contributed by atoms with Gasteiger partial charge in [-0.05, 0) is 29.8 Å². The van der Waals surface area contributed by atoms with Crippen molar-refractivity contribution in [3.63, 3.8) is 0 Å². The second kappa shape index (κ2) is 5.21. The Bertz CT molecular complexity index is 722. The second-order valence-electron chi connectivity index (χ2n) is 4.74. The molecule has 3 nitrogen and oxygen atoms in total. The van der Waals surface area contributed by atoms with Crippen LogP contribution in [0.3, 0.4) is 0 Å². The number of phenolic OH excluding ortho intramolecular Hbond substituents is 1. The summed E-state index contributed by atoms with van der Waals surface area (Å²) >= 11 is 3.38. The summed E-state index contributed by atoms with van der Waals surface area (Å²) in [6.45, 7) is 0. The summed E-state index contributed by atoms with van der Waals surface area (Å²) in [5, 5.41) is 10.0. The summed E-state index contributed by atoms with van der Waals surface area (Å²) in [6, 6.07) is 12.8. The van der Waals surface area contributed by atoms with E-state index in [1.54, 1.807) is 18.2 Å². The van der Waals surface area contributed by atoms with Gasteiger partial charge in [0.1, 0.15) is 11.5 Å². The van der Waals surface area contributed by atoms with Gasteiger partial charge in [-0.3, -0.25) is 9.79 Å². The highest BCUT2D eigenvalue weighted by molar-refractivity contribution is 9.10. The van der Waals surface area contributed by atoms with E-state index < -0.39 is 0 Å². The lowest BCUT2D eigenvalue weighted by atomic mass is 10.0. The fraction of sp³-hybridized carbons (Fsp3) is 0.125. The van der Waals surface area contributed by atoms with E-state index in [0.29, 0.717) is 17.7 Å².